The number of halogens is 1. The third-order valence-electron chi connectivity index (χ3n) is 2.83. The number of hydrogen-bond donors (Lipinski definition) is 0. The Bertz CT molecular complexity index is 339. The minimum absolute atomic E-state index is 0.0433. The van der Waals surface area contributed by atoms with Crippen LogP contribution in [0.15, 0.2) is 30.3 Å². The molecule has 17 heavy (non-hydrogen) atoms. The molecule has 1 aromatic carbocycles. The molecule has 2 nitrogen and oxygen atoms in total. The van der Waals surface area contributed by atoms with Gasteiger partial charge in [-0.1, -0.05) is 53.2 Å². The van der Waals surface area contributed by atoms with Gasteiger partial charge in [0.05, 0.1) is 4.83 Å². The number of alkyl halides is 1. The Hall–Kier alpha value is -0.830. The summed E-state index contributed by atoms with van der Waals surface area (Å²) in [5.74, 6) is 0.200. The number of carbonyl (C=O) groups is 1. The van der Waals surface area contributed by atoms with Crippen molar-refractivity contribution in [1.29, 1.82) is 0 Å². The number of amides is 1. The number of carbonyl (C=O) groups excluding carboxylic acids is 1. The van der Waals surface area contributed by atoms with Gasteiger partial charge in [0.15, 0.2) is 0 Å². The molecule has 0 aromatic heterocycles. The number of hydrogen-bond acceptors (Lipinski definition) is 1. The summed E-state index contributed by atoms with van der Waals surface area (Å²) in [7, 11) is 0. The first kappa shape index (κ1) is 14.2. The molecule has 0 radical (unpaired) electrons. The highest BCUT2D eigenvalue weighted by molar-refractivity contribution is 9.10. The summed E-state index contributed by atoms with van der Waals surface area (Å²) in [6, 6.07) is 10.3. The second-order valence-corrected chi connectivity index (χ2v) is 5.13. The van der Waals surface area contributed by atoms with Gasteiger partial charge in [-0.3, -0.25) is 4.79 Å². The molecule has 0 aliphatic rings. The van der Waals surface area contributed by atoms with Gasteiger partial charge in [-0.2, -0.15) is 0 Å². The van der Waals surface area contributed by atoms with E-state index in [1.54, 1.807) is 0 Å². The van der Waals surface area contributed by atoms with Crippen LogP contribution < -0.4 is 0 Å². The third-order valence-corrected chi connectivity index (χ3v) is 3.87. The van der Waals surface area contributed by atoms with E-state index in [0.29, 0.717) is 0 Å². The average molecular weight is 298 g/mol. The van der Waals surface area contributed by atoms with Crippen molar-refractivity contribution in [3.63, 3.8) is 0 Å². The third kappa shape index (κ3) is 4.50. The molecular weight excluding hydrogens is 278 g/mol. The lowest BCUT2D eigenvalue weighted by Gasteiger charge is -2.23. The Labute approximate surface area is 112 Å². The van der Waals surface area contributed by atoms with Crippen LogP contribution in [0.25, 0.3) is 0 Å². The fraction of sp³-hybridized carbons (Fsp3) is 0.500. The van der Waals surface area contributed by atoms with Gasteiger partial charge in [0.1, 0.15) is 0 Å². The van der Waals surface area contributed by atoms with Crippen molar-refractivity contribution in [1.82, 2.24) is 4.90 Å². The lowest BCUT2D eigenvalue weighted by Crippen LogP contribution is -2.37. The van der Waals surface area contributed by atoms with E-state index in [1.165, 1.54) is 5.56 Å². The summed E-state index contributed by atoms with van der Waals surface area (Å²) in [6.45, 7) is 5.61. The Morgan fingerprint density at radius 1 is 1.29 bits per heavy atom. The summed E-state index contributed by atoms with van der Waals surface area (Å²) in [4.78, 5) is 13.9. The second-order valence-electron chi connectivity index (χ2n) is 4.03. The fourth-order valence-corrected chi connectivity index (χ4v) is 2.00. The second kappa shape index (κ2) is 7.49. The Morgan fingerprint density at radius 2 is 1.94 bits per heavy atom. The summed E-state index contributed by atoms with van der Waals surface area (Å²) in [6.07, 6.45) is 1.75. The van der Waals surface area contributed by atoms with Gasteiger partial charge in [-0.25, -0.2) is 0 Å². The molecular formula is C14H20BrNO. The van der Waals surface area contributed by atoms with Gasteiger partial charge in [0.25, 0.3) is 0 Å². The van der Waals surface area contributed by atoms with Gasteiger partial charge in [0, 0.05) is 13.1 Å². The molecule has 0 fully saturated rings. The summed E-state index contributed by atoms with van der Waals surface area (Å²) in [5, 5.41) is 0. The van der Waals surface area contributed by atoms with Crippen LogP contribution in [0.3, 0.4) is 0 Å². The molecule has 3 heteroatoms. The molecule has 1 unspecified atom stereocenters. The number of nitrogens with zero attached hydrogens (tertiary/aromatic N) is 1. The van der Waals surface area contributed by atoms with E-state index in [2.05, 4.69) is 28.1 Å². The lowest BCUT2D eigenvalue weighted by atomic mass is 10.1. The standard InChI is InChI=1S/C14H20BrNO/c1-3-13(15)14(17)16(4-2)11-10-12-8-6-5-7-9-12/h5-9,13H,3-4,10-11H2,1-2H3. The first-order chi connectivity index (χ1) is 8.19. The summed E-state index contributed by atoms with van der Waals surface area (Å²) in [5.41, 5.74) is 1.28. The molecule has 0 N–H and O–H groups in total. The predicted octanol–water partition coefficient (Wildman–Crippen LogP) is 3.25. The van der Waals surface area contributed by atoms with E-state index >= 15 is 0 Å². The van der Waals surface area contributed by atoms with Crippen LogP contribution in [0.1, 0.15) is 25.8 Å². The molecule has 0 saturated heterocycles. The van der Waals surface area contributed by atoms with E-state index in [4.69, 9.17) is 0 Å². The minimum atomic E-state index is -0.0433. The molecule has 0 bridgehead atoms. The predicted molar refractivity (Wildman–Crippen MR) is 75.4 cm³/mol. The molecule has 0 aliphatic carbocycles. The quantitative estimate of drug-likeness (QED) is 0.738. The van der Waals surface area contributed by atoms with Gasteiger partial charge in [-0.05, 0) is 25.3 Å². The van der Waals surface area contributed by atoms with Crippen LogP contribution in [0.2, 0.25) is 0 Å². The fourth-order valence-electron chi connectivity index (χ4n) is 1.71. The van der Waals surface area contributed by atoms with E-state index in [0.717, 1.165) is 25.9 Å². The van der Waals surface area contributed by atoms with Crippen LogP contribution in [0.4, 0.5) is 0 Å². The first-order valence-corrected chi connectivity index (χ1v) is 7.07. The number of benzene rings is 1. The normalized spacial score (nSPS) is 12.2. The van der Waals surface area contributed by atoms with Crippen molar-refractivity contribution in [2.45, 2.75) is 31.5 Å². The molecule has 0 spiro atoms. The maximum Gasteiger partial charge on any atom is 0.236 e. The zero-order valence-electron chi connectivity index (χ0n) is 10.5. The number of likely N-dealkylation sites (N-methyl/N-ethyl adjacent to an activating group) is 1. The van der Waals surface area contributed by atoms with Crippen molar-refractivity contribution in [2.24, 2.45) is 0 Å². The summed E-state index contributed by atoms with van der Waals surface area (Å²) < 4.78 is 0. The van der Waals surface area contributed by atoms with Crippen molar-refractivity contribution < 1.29 is 4.79 Å². The topological polar surface area (TPSA) is 20.3 Å². The van der Waals surface area contributed by atoms with Gasteiger partial charge < -0.3 is 4.90 Å². The van der Waals surface area contributed by atoms with Crippen molar-refractivity contribution in [3.05, 3.63) is 35.9 Å². The molecule has 94 valence electrons. The van der Waals surface area contributed by atoms with Crippen LogP contribution in [-0.4, -0.2) is 28.7 Å². The Kier molecular flexibility index (Phi) is 6.27. The number of rotatable bonds is 6. The zero-order chi connectivity index (χ0) is 12.7. The molecule has 0 aliphatic heterocycles. The maximum absolute atomic E-state index is 12.0. The molecule has 1 amide bonds. The molecule has 1 rings (SSSR count). The molecule has 1 aromatic rings. The van der Waals surface area contributed by atoms with E-state index < -0.39 is 0 Å². The highest BCUT2D eigenvalue weighted by Crippen LogP contribution is 2.10. The monoisotopic (exact) mass is 297 g/mol. The molecule has 0 saturated carbocycles. The highest BCUT2D eigenvalue weighted by Gasteiger charge is 2.18. The minimum Gasteiger partial charge on any atom is -0.342 e. The average Bonchev–Trinajstić information content (AvgIpc) is 2.39. The zero-order valence-corrected chi connectivity index (χ0v) is 12.1. The van der Waals surface area contributed by atoms with Crippen molar-refractivity contribution >= 4 is 21.8 Å². The summed E-state index contributed by atoms with van der Waals surface area (Å²) >= 11 is 3.42. The SMILES string of the molecule is CCC(Br)C(=O)N(CC)CCc1ccccc1. The highest BCUT2D eigenvalue weighted by atomic mass is 79.9. The largest absolute Gasteiger partial charge is 0.342 e. The van der Waals surface area contributed by atoms with E-state index in [9.17, 15) is 4.79 Å². The molecule has 1 atom stereocenters. The Balaban J connectivity index is 2.50. The Morgan fingerprint density at radius 3 is 2.47 bits per heavy atom. The van der Waals surface area contributed by atoms with Crippen LogP contribution >= 0.6 is 15.9 Å². The van der Waals surface area contributed by atoms with Crippen LogP contribution in [0.5, 0.6) is 0 Å². The van der Waals surface area contributed by atoms with E-state index in [-0.39, 0.29) is 10.7 Å². The van der Waals surface area contributed by atoms with Crippen molar-refractivity contribution in [3.8, 4) is 0 Å². The van der Waals surface area contributed by atoms with E-state index in [1.807, 2.05) is 36.9 Å². The van der Waals surface area contributed by atoms with Crippen LogP contribution in [-0.2, 0) is 11.2 Å². The van der Waals surface area contributed by atoms with Gasteiger partial charge in [0.2, 0.25) is 5.91 Å². The first-order valence-electron chi connectivity index (χ1n) is 6.15. The van der Waals surface area contributed by atoms with Gasteiger partial charge >= 0.3 is 0 Å². The van der Waals surface area contributed by atoms with Gasteiger partial charge in [-0.15, -0.1) is 0 Å². The molecule has 0 heterocycles. The smallest absolute Gasteiger partial charge is 0.236 e. The maximum atomic E-state index is 12.0. The van der Waals surface area contributed by atoms with Crippen molar-refractivity contribution in [2.75, 3.05) is 13.1 Å². The van der Waals surface area contributed by atoms with Crippen LogP contribution in [0, 0.1) is 0 Å². The lowest BCUT2D eigenvalue weighted by molar-refractivity contribution is -0.130.